The van der Waals surface area contributed by atoms with Gasteiger partial charge in [-0.3, -0.25) is 0 Å². The number of phenolic OH excluding ortho intramolecular Hbond substituents is 3. The highest BCUT2D eigenvalue weighted by Crippen LogP contribution is 2.24. The molecule has 0 bridgehead atoms. The molecule has 1 heterocycles. The lowest BCUT2D eigenvalue weighted by Crippen LogP contribution is -2.54. The molecule has 0 aliphatic rings. The van der Waals surface area contributed by atoms with Crippen molar-refractivity contribution in [3.63, 3.8) is 0 Å². The summed E-state index contributed by atoms with van der Waals surface area (Å²) >= 11 is 0. The lowest BCUT2D eigenvalue weighted by Gasteiger charge is -2.16. The van der Waals surface area contributed by atoms with E-state index in [1.54, 1.807) is 36.4 Å². The van der Waals surface area contributed by atoms with Gasteiger partial charge in [0.2, 0.25) is 0 Å². The summed E-state index contributed by atoms with van der Waals surface area (Å²) in [5, 5.41) is 32.0. The number of unbranched alkanes of at least 4 members (excludes halogenated alkanes) is 15. The first-order chi connectivity index (χ1) is 27.7. The maximum atomic E-state index is 14.2. The van der Waals surface area contributed by atoms with E-state index in [4.69, 9.17) is 0 Å². The number of rotatable bonds is 27. The quantitative estimate of drug-likeness (QED) is 0.0517. The zero-order chi connectivity index (χ0) is 41.0. The smallest absolute Gasteiger partial charge is 0.336 e. The van der Waals surface area contributed by atoms with E-state index in [0.29, 0.717) is 36.0 Å². The zero-order valence-electron chi connectivity index (χ0n) is 35.1. The minimum atomic E-state index is -0.716. The van der Waals surface area contributed by atoms with Gasteiger partial charge >= 0.3 is 17.1 Å². The Morgan fingerprint density at radius 2 is 0.614 bits per heavy atom. The third kappa shape index (κ3) is 14.1. The largest absolute Gasteiger partial charge is 0.508 e. The summed E-state index contributed by atoms with van der Waals surface area (Å²) in [6.45, 7) is 6.37. The topological polar surface area (TPSA) is 127 Å². The van der Waals surface area contributed by atoms with Gasteiger partial charge in [0.1, 0.15) is 17.2 Å². The standard InChI is InChI=1S/C48H69N3O6/c1-4-7-10-13-16-19-22-40-31-37(25-28-43(40)52)34-49-46(55)50(35-38-26-29-44(53)41(32-38)23-20-17-14-11-8-5-2)48(57)51(47(49)56)36-39-27-30-45(54)42(33-39)24-21-18-15-12-9-6-3/h25-33,52-54H,4-24,34-36H2,1-3H3. The molecule has 0 aliphatic carbocycles. The van der Waals surface area contributed by atoms with Gasteiger partial charge in [-0.25, -0.2) is 28.1 Å². The molecule has 0 saturated heterocycles. The first-order valence-electron chi connectivity index (χ1n) is 22.0. The SMILES string of the molecule is CCCCCCCCc1cc(Cn2c(=O)n(Cc3ccc(O)c(CCCCCCCC)c3)c(=O)n(Cc3ccc(O)c(CCCCCCCC)c3)c2=O)ccc1O. The predicted octanol–water partition coefficient (Wildman–Crippen LogP) is 10.1. The molecule has 3 aromatic carbocycles. The Bertz CT molecular complexity index is 1750. The minimum Gasteiger partial charge on any atom is -0.508 e. The molecular weight excluding hydrogens is 715 g/mol. The van der Waals surface area contributed by atoms with Crippen molar-refractivity contribution < 1.29 is 15.3 Å². The lowest BCUT2D eigenvalue weighted by atomic mass is 10.0. The summed E-state index contributed by atoms with van der Waals surface area (Å²) in [5.74, 6) is 0.570. The molecule has 3 N–H and O–H groups in total. The van der Waals surface area contributed by atoms with Crippen molar-refractivity contribution in [2.45, 2.75) is 175 Å². The van der Waals surface area contributed by atoms with E-state index in [2.05, 4.69) is 20.8 Å². The van der Waals surface area contributed by atoms with E-state index < -0.39 is 17.1 Å². The summed E-state index contributed by atoms with van der Waals surface area (Å²) in [4.78, 5) is 42.6. The fourth-order valence-corrected chi connectivity index (χ4v) is 7.74. The molecule has 0 saturated carbocycles. The van der Waals surface area contributed by atoms with E-state index in [-0.39, 0.29) is 36.9 Å². The molecule has 312 valence electrons. The third-order valence-corrected chi connectivity index (χ3v) is 11.2. The van der Waals surface area contributed by atoms with Crippen molar-refractivity contribution >= 4 is 0 Å². The van der Waals surface area contributed by atoms with Crippen molar-refractivity contribution in [3.05, 3.63) is 119 Å². The van der Waals surface area contributed by atoms with Crippen LogP contribution in [0.5, 0.6) is 17.2 Å². The molecule has 0 fully saturated rings. The van der Waals surface area contributed by atoms with E-state index in [1.807, 2.05) is 18.2 Å². The normalized spacial score (nSPS) is 11.4. The summed E-state index contributed by atoms with van der Waals surface area (Å²) in [5.41, 5.74) is 2.21. The highest BCUT2D eigenvalue weighted by atomic mass is 16.3. The number of aryl methyl sites for hydroxylation is 3. The van der Waals surface area contributed by atoms with Gasteiger partial charge in [0, 0.05) is 0 Å². The van der Waals surface area contributed by atoms with Gasteiger partial charge in [-0.05, 0) is 90.1 Å². The number of aromatic hydroxyl groups is 3. The van der Waals surface area contributed by atoms with Gasteiger partial charge in [-0.2, -0.15) is 0 Å². The van der Waals surface area contributed by atoms with Crippen molar-refractivity contribution in [2.75, 3.05) is 0 Å². The Labute approximate surface area is 340 Å². The zero-order valence-corrected chi connectivity index (χ0v) is 35.1. The molecule has 0 aliphatic heterocycles. The molecule has 4 aromatic rings. The molecule has 0 unspecified atom stereocenters. The van der Waals surface area contributed by atoms with E-state index in [9.17, 15) is 29.7 Å². The van der Waals surface area contributed by atoms with Gasteiger partial charge in [-0.1, -0.05) is 153 Å². The van der Waals surface area contributed by atoms with Gasteiger partial charge < -0.3 is 15.3 Å². The minimum absolute atomic E-state index is 0.0700. The van der Waals surface area contributed by atoms with E-state index in [1.165, 1.54) is 57.8 Å². The molecule has 0 spiro atoms. The van der Waals surface area contributed by atoms with Crippen LogP contribution in [0.25, 0.3) is 0 Å². The predicted molar refractivity (Wildman–Crippen MR) is 232 cm³/mol. The Balaban J connectivity index is 1.66. The van der Waals surface area contributed by atoms with Crippen LogP contribution in [0.3, 0.4) is 0 Å². The van der Waals surface area contributed by atoms with Crippen LogP contribution in [-0.2, 0) is 38.9 Å². The number of hydrogen-bond donors (Lipinski definition) is 3. The number of phenols is 3. The lowest BCUT2D eigenvalue weighted by molar-refractivity contribution is 0.463. The van der Waals surface area contributed by atoms with Crippen molar-refractivity contribution in [1.82, 2.24) is 13.7 Å². The van der Waals surface area contributed by atoms with Crippen molar-refractivity contribution in [3.8, 4) is 17.2 Å². The molecule has 4 rings (SSSR count). The Morgan fingerprint density at radius 3 is 0.877 bits per heavy atom. The first-order valence-corrected chi connectivity index (χ1v) is 22.0. The van der Waals surface area contributed by atoms with Gasteiger partial charge in [0.15, 0.2) is 0 Å². The van der Waals surface area contributed by atoms with Crippen LogP contribution in [0.1, 0.15) is 170 Å². The highest BCUT2D eigenvalue weighted by Gasteiger charge is 2.19. The Kier molecular flexibility index (Phi) is 19.2. The highest BCUT2D eigenvalue weighted by molar-refractivity contribution is 5.38. The average Bonchev–Trinajstić information content (AvgIpc) is 3.20. The summed E-state index contributed by atoms with van der Waals surface area (Å²) in [7, 11) is 0. The Morgan fingerprint density at radius 1 is 0.368 bits per heavy atom. The Hall–Kier alpha value is -4.53. The second-order valence-electron chi connectivity index (χ2n) is 16.0. The monoisotopic (exact) mass is 784 g/mol. The van der Waals surface area contributed by atoms with Crippen molar-refractivity contribution in [1.29, 1.82) is 0 Å². The number of nitrogens with zero attached hydrogens (tertiary/aromatic N) is 3. The molecule has 0 atom stereocenters. The first kappa shape index (κ1) is 45.2. The molecule has 9 heteroatoms. The van der Waals surface area contributed by atoms with Gasteiger partial charge in [0.05, 0.1) is 19.6 Å². The van der Waals surface area contributed by atoms with Crippen molar-refractivity contribution in [2.24, 2.45) is 0 Å². The number of hydrogen-bond acceptors (Lipinski definition) is 6. The fourth-order valence-electron chi connectivity index (χ4n) is 7.74. The van der Waals surface area contributed by atoms with Crippen LogP contribution in [0.2, 0.25) is 0 Å². The molecule has 9 nitrogen and oxygen atoms in total. The second-order valence-corrected chi connectivity index (χ2v) is 16.0. The number of aromatic nitrogens is 3. The fraction of sp³-hybridized carbons (Fsp3) is 0.562. The molecule has 57 heavy (non-hydrogen) atoms. The van der Waals surface area contributed by atoms with Crippen LogP contribution in [0.4, 0.5) is 0 Å². The molecule has 1 aromatic heterocycles. The summed E-state index contributed by atoms with van der Waals surface area (Å²) in [6, 6.07) is 15.6. The van der Waals surface area contributed by atoms with Crippen LogP contribution < -0.4 is 17.1 Å². The van der Waals surface area contributed by atoms with Gasteiger partial charge in [0.25, 0.3) is 0 Å². The number of benzene rings is 3. The van der Waals surface area contributed by atoms with E-state index in [0.717, 1.165) is 88.2 Å². The third-order valence-electron chi connectivity index (χ3n) is 11.2. The van der Waals surface area contributed by atoms with Gasteiger partial charge in [-0.15, -0.1) is 0 Å². The summed E-state index contributed by atoms with van der Waals surface area (Å²) < 4.78 is 3.33. The maximum absolute atomic E-state index is 14.2. The summed E-state index contributed by atoms with van der Waals surface area (Å²) in [6.07, 6.45) is 22.3. The van der Waals surface area contributed by atoms with Crippen LogP contribution in [0, 0.1) is 0 Å². The molecule has 0 amide bonds. The molecule has 0 radical (unpaired) electrons. The maximum Gasteiger partial charge on any atom is 0.336 e. The van der Waals surface area contributed by atoms with Crippen LogP contribution in [-0.4, -0.2) is 29.0 Å². The average molecular weight is 784 g/mol. The van der Waals surface area contributed by atoms with E-state index >= 15 is 0 Å². The van der Waals surface area contributed by atoms with Crippen LogP contribution >= 0.6 is 0 Å². The second kappa shape index (κ2) is 24.3. The molecular formula is C48H69N3O6. The van der Waals surface area contributed by atoms with Crippen LogP contribution in [0.15, 0.2) is 69.0 Å².